The van der Waals surface area contributed by atoms with Crippen LogP contribution in [0.25, 0.3) is 11.1 Å². The topological polar surface area (TPSA) is 113 Å². The molecule has 1 aliphatic heterocycles. The van der Waals surface area contributed by atoms with Crippen LogP contribution < -0.4 is 5.32 Å². The summed E-state index contributed by atoms with van der Waals surface area (Å²) in [7, 11) is -1.53. The molecule has 2 N–H and O–H groups in total. The number of hydrogen-bond acceptors (Lipinski definition) is 6. The van der Waals surface area contributed by atoms with Crippen molar-refractivity contribution in [2.45, 2.75) is 118 Å². The first-order valence-electron chi connectivity index (χ1n) is 17.5. The van der Waals surface area contributed by atoms with Crippen LogP contribution in [0.5, 0.6) is 0 Å². The highest BCUT2D eigenvalue weighted by atomic mass is 32.2. The molecule has 1 saturated heterocycles. The van der Waals surface area contributed by atoms with Crippen LogP contribution in [0.15, 0.2) is 42.5 Å². The van der Waals surface area contributed by atoms with Crippen LogP contribution in [0.1, 0.15) is 114 Å². The summed E-state index contributed by atoms with van der Waals surface area (Å²) in [6, 6.07) is 12.1. The molecule has 47 heavy (non-hydrogen) atoms. The van der Waals surface area contributed by atoms with Gasteiger partial charge >= 0.3 is 5.97 Å². The normalized spacial score (nSPS) is 17.1. The first kappa shape index (κ1) is 42.3. The fourth-order valence-corrected chi connectivity index (χ4v) is 6.20. The second-order valence-corrected chi connectivity index (χ2v) is 14.9. The lowest BCUT2D eigenvalue weighted by molar-refractivity contribution is -0.139. The summed E-state index contributed by atoms with van der Waals surface area (Å²) in [5.41, 5.74) is 4.11. The van der Waals surface area contributed by atoms with Crippen molar-refractivity contribution in [2.75, 3.05) is 32.2 Å². The number of unbranched alkanes of at least 4 members (excludes halogenated alkanes) is 1. The number of aryl methyl sites for hydroxylation is 1. The Morgan fingerprint density at radius 1 is 1.00 bits per heavy atom. The Labute approximate surface area is 285 Å². The Hall–Kier alpha value is -2.75. The van der Waals surface area contributed by atoms with Crippen LogP contribution >= 0.6 is 0 Å². The van der Waals surface area contributed by atoms with E-state index >= 15 is 0 Å². The number of likely N-dealkylation sites (tertiary alicyclic amines) is 1. The number of rotatable bonds is 11. The van der Waals surface area contributed by atoms with E-state index < -0.39 is 27.8 Å². The molecule has 2 aromatic carbocycles. The van der Waals surface area contributed by atoms with Gasteiger partial charge in [-0.3, -0.25) is 9.69 Å². The molecule has 2 aromatic rings. The first-order valence-corrected chi connectivity index (χ1v) is 19.6. The molecule has 2 atom stereocenters. The van der Waals surface area contributed by atoms with E-state index in [4.69, 9.17) is 4.74 Å². The average Bonchev–Trinajstić information content (AvgIpc) is 3.48. The Balaban J connectivity index is 0.000000657. The molecule has 0 spiro atoms. The Bertz CT molecular complexity index is 1310. The third-order valence-corrected chi connectivity index (χ3v) is 9.42. The van der Waals surface area contributed by atoms with Crippen LogP contribution in [0, 0.1) is 12.8 Å². The zero-order valence-electron chi connectivity index (χ0n) is 30.3. The van der Waals surface area contributed by atoms with Crippen molar-refractivity contribution in [3.63, 3.8) is 0 Å². The number of nitrogens with one attached hydrogen (secondary N) is 1. The quantitative estimate of drug-likeness (QED) is 0.249. The zero-order chi connectivity index (χ0) is 35.4. The van der Waals surface area contributed by atoms with E-state index in [2.05, 4.69) is 31.0 Å². The second-order valence-electron chi connectivity index (χ2n) is 12.6. The number of hydrogen-bond donors (Lipinski definition) is 2. The number of benzene rings is 2. The molecule has 0 bridgehead atoms. The molecular weight excluding hydrogens is 612 g/mol. The van der Waals surface area contributed by atoms with E-state index in [0.717, 1.165) is 48.1 Å². The summed E-state index contributed by atoms with van der Waals surface area (Å²) in [4.78, 5) is 27.2. The number of amides is 1. The number of sulfone groups is 1. The number of carbonyl (C=O) groups excluding carboxylic acids is 1. The highest BCUT2D eigenvalue weighted by Crippen LogP contribution is 2.29. The molecule has 2 aliphatic rings. The Morgan fingerprint density at radius 2 is 1.64 bits per heavy atom. The molecule has 1 heterocycles. The van der Waals surface area contributed by atoms with Gasteiger partial charge in [-0.1, -0.05) is 97.1 Å². The lowest BCUT2D eigenvalue weighted by Crippen LogP contribution is -2.42. The summed E-state index contributed by atoms with van der Waals surface area (Å²) >= 11 is 0. The lowest BCUT2D eigenvalue weighted by atomic mass is 9.93. The van der Waals surface area contributed by atoms with Crippen molar-refractivity contribution < 1.29 is 27.9 Å². The third kappa shape index (κ3) is 16.3. The van der Waals surface area contributed by atoms with Gasteiger partial charge in [0.2, 0.25) is 0 Å². The summed E-state index contributed by atoms with van der Waals surface area (Å²) in [6.45, 7) is 15.5. The van der Waals surface area contributed by atoms with Crippen LogP contribution in [0.2, 0.25) is 0 Å². The van der Waals surface area contributed by atoms with Gasteiger partial charge in [0, 0.05) is 32.0 Å². The number of carboxylic acids is 1. The van der Waals surface area contributed by atoms with Crippen LogP contribution in [0.3, 0.4) is 0 Å². The molecule has 8 nitrogen and oxygen atoms in total. The molecule has 4 rings (SSSR count). The minimum Gasteiger partial charge on any atom is -0.480 e. The van der Waals surface area contributed by atoms with Gasteiger partial charge in [-0.2, -0.15) is 0 Å². The SMILES string of the molecule is CC.CCCC.COC1CCCCC1.Cc1ccccc1-c1cc(CN2CCC(C)C2)ccc1C(=O)NC(CCS(C)(=O)=O)C(=O)O. The van der Waals surface area contributed by atoms with Gasteiger partial charge in [-0.15, -0.1) is 0 Å². The van der Waals surface area contributed by atoms with Gasteiger partial charge < -0.3 is 15.2 Å². The fourth-order valence-electron chi connectivity index (χ4n) is 5.54. The number of carboxylic acid groups (broad SMARTS) is 1. The van der Waals surface area contributed by atoms with Crippen molar-refractivity contribution in [2.24, 2.45) is 5.92 Å². The van der Waals surface area contributed by atoms with Gasteiger partial charge in [-0.05, 0) is 79.5 Å². The number of ether oxygens (including phenoxy) is 1. The van der Waals surface area contributed by atoms with Crippen LogP contribution in [-0.2, 0) is 25.9 Å². The lowest BCUT2D eigenvalue weighted by Gasteiger charge is -2.19. The fraction of sp³-hybridized carbons (Fsp3) is 0.632. The zero-order valence-corrected chi connectivity index (χ0v) is 31.1. The number of carbonyl (C=O) groups is 2. The van der Waals surface area contributed by atoms with E-state index in [-0.39, 0.29) is 12.2 Å². The average molecular weight is 675 g/mol. The van der Waals surface area contributed by atoms with Gasteiger partial charge in [0.05, 0.1) is 11.9 Å². The van der Waals surface area contributed by atoms with Crippen molar-refractivity contribution in [1.29, 1.82) is 0 Å². The maximum absolute atomic E-state index is 13.2. The van der Waals surface area contributed by atoms with Crippen molar-refractivity contribution in [1.82, 2.24) is 10.2 Å². The van der Waals surface area contributed by atoms with Gasteiger partial charge in [-0.25, -0.2) is 13.2 Å². The summed E-state index contributed by atoms with van der Waals surface area (Å²) in [5, 5.41) is 12.0. The van der Waals surface area contributed by atoms with Gasteiger partial charge in [0.1, 0.15) is 15.9 Å². The van der Waals surface area contributed by atoms with Crippen molar-refractivity contribution >= 4 is 21.7 Å². The predicted molar refractivity (Wildman–Crippen MR) is 195 cm³/mol. The number of aliphatic carboxylic acids is 1. The highest BCUT2D eigenvalue weighted by Gasteiger charge is 2.25. The van der Waals surface area contributed by atoms with E-state index in [9.17, 15) is 23.1 Å². The number of nitrogens with zero attached hydrogens (tertiary/aromatic N) is 1. The minimum atomic E-state index is -3.35. The molecule has 0 radical (unpaired) electrons. The molecule has 2 fully saturated rings. The second kappa shape index (κ2) is 22.8. The molecule has 2 unspecified atom stereocenters. The van der Waals surface area contributed by atoms with Crippen molar-refractivity contribution in [3.05, 3.63) is 59.2 Å². The highest BCUT2D eigenvalue weighted by molar-refractivity contribution is 7.90. The van der Waals surface area contributed by atoms with Gasteiger partial charge in [0.15, 0.2) is 0 Å². The molecule has 1 saturated carbocycles. The maximum Gasteiger partial charge on any atom is 0.326 e. The van der Waals surface area contributed by atoms with E-state index in [1.165, 1.54) is 51.4 Å². The monoisotopic (exact) mass is 674 g/mol. The van der Waals surface area contributed by atoms with E-state index in [1.54, 1.807) is 6.07 Å². The largest absolute Gasteiger partial charge is 0.480 e. The smallest absolute Gasteiger partial charge is 0.326 e. The molecule has 1 amide bonds. The summed E-state index contributed by atoms with van der Waals surface area (Å²) in [5.74, 6) is -1.44. The summed E-state index contributed by atoms with van der Waals surface area (Å²) < 4.78 is 28.2. The third-order valence-electron chi connectivity index (χ3n) is 8.44. The Morgan fingerprint density at radius 3 is 2.13 bits per heavy atom. The maximum atomic E-state index is 13.2. The van der Waals surface area contributed by atoms with E-state index in [1.807, 2.05) is 64.3 Å². The van der Waals surface area contributed by atoms with Gasteiger partial charge in [0.25, 0.3) is 5.91 Å². The predicted octanol–water partition coefficient (Wildman–Crippen LogP) is 7.92. The summed E-state index contributed by atoms with van der Waals surface area (Å²) in [6.07, 6.45) is 12.0. The molecule has 1 aliphatic carbocycles. The minimum absolute atomic E-state index is 0.190. The Kier molecular flexibility index (Phi) is 20.5. The standard InChI is InChI=1S/C25H32N2O5S.C7H14O.C4H10.C2H6/c1-17-10-12-27(15-17)16-19-8-9-21(22(14-19)20-7-5-4-6-18(20)2)24(28)26-23(25(29)30)11-13-33(3,31)32;1-8-7-5-3-2-4-6-7;1-3-4-2;1-2/h4-9,14,17,23H,10-13,15-16H2,1-3H3,(H,26,28)(H,29,30);7H,2-6H2,1H3;3-4H2,1-2H3;1-2H3. The van der Waals surface area contributed by atoms with Crippen molar-refractivity contribution in [3.8, 4) is 11.1 Å². The molecule has 0 aromatic heterocycles. The first-order chi connectivity index (χ1) is 22.4. The molecule has 9 heteroatoms. The molecule has 266 valence electrons. The van der Waals surface area contributed by atoms with Crippen LogP contribution in [0.4, 0.5) is 0 Å². The molecular formula is C38H62N2O6S. The van der Waals surface area contributed by atoms with E-state index in [0.29, 0.717) is 17.6 Å². The van der Waals surface area contributed by atoms with Crippen LogP contribution in [-0.4, -0.2) is 74.7 Å². The number of methoxy groups -OCH3 is 1.